The first-order chi connectivity index (χ1) is 14.3. The van der Waals surface area contributed by atoms with Crippen LogP contribution >= 0.6 is 11.8 Å². The number of nitrogens with zero attached hydrogens (tertiary/aromatic N) is 1. The van der Waals surface area contributed by atoms with Crippen molar-refractivity contribution in [1.29, 1.82) is 0 Å². The molecular weight excluding hydrogens is 419 g/mol. The molecule has 0 radical (unpaired) electrons. The van der Waals surface area contributed by atoms with E-state index in [1.807, 2.05) is 0 Å². The van der Waals surface area contributed by atoms with E-state index in [1.165, 1.54) is 42.4 Å². The molecule has 0 saturated heterocycles. The summed E-state index contributed by atoms with van der Waals surface area (Å²) < 4.78 is 41.8. The molecule has 1 amide bonds. The first-order valence-corrected chi connectivity index (χ1v) is 9.93. The maximum absolute atomic E-state index is 14.4. The number of rotatable bonds is 4. The van der Waals surface area contributed by atoms with Gasteiger partial charge in [-0.15, -0.1) is 11.8 Å². The molecule has 3 N–H and O–H groups in total. The minimum Gasteiger partial charge on any atom is -0.478 e. The summed E-state index contributed by atoms with van der Waals surface area (Å²) in [6.45, 7) is 1.41. The standard InChI is InChI=1S/C20H16F3N3O3S/c1-9-2-5-12(17(23)16(9)22)13-8-30-19(15(13)20(28)29)24-18(27)14-6-11-4-3-10(21)7-26(11)25-14/h2-7,13-14,25H,8H2,1H3,(H,24,27)(H,28,29). The summed E-state index contributed by atoms with van der Waals surface area (Å²) in [5.74, 6) is -5.27. The van der Waals surface area contributed by atoms with Crippen LogP contribution in [0.3, 0.4) is 0 Å². The molecule has 0 aromatic heterocycles. The number of aliphatic carboxylic acids is 1. The highest BCUT2D eigenvalue weighted by Crippen LogP contribution is 2.42. The van der Waals surface area contributed by atoms with Crippen LogP contribution in [-0.2, 0) is 9.59 Å². The van der Waals surface area contributed by atoms with Crippen LogP contribution in [-0.4, -0.2) is 33.8 Å². The molecule has 2 atom stereocenters. The molecule has 4 rings (SSSR count). The smallest absolute Gasteiger partial charge is 0.334 e. The molecular formula is C20H16F3N3O3S. The van der Waals surface area contributed by atoms with Crippen LogP contribution in [0.5, 0.6) is 0 Å². The Morgan fingerprint density at radius 1 is 1.23 bits per heavy atom. The number of hydrazine groups is 1. The lowest BCUT2D eigenvalue weighted by Crippen LogP contribution is -2.44. The number of fused-ring (bicyclic) bond motifs is 1. The number of hydrogen-bond donors (Lipinski definition) is 3. The maximum Gasteiger partial charge on any atom is 0.334 e. The number of thioether (sulfide) groups is 1. The minimum atomic E-state index is -1.33. The summed E-state index contributed by atoms with van der Waals surface area (Å²) >= 11 is 1.04. The predicted molar refractivity (Wildman–Crippen MR) is 104 cm³/mol. The summed E-state index contributed by atoms with van der Waals surface area (Å²) in [5, 5.41) is 13.6. The molecule has 30 heavy (non-hydrogen) atoms. The van der Waals surface area contributed by atoms with Crippen molar-refractivity contribution in [3.63, 3.8) is 0 Å². The van der Waals surface area contributed by atoms with Gasteiger partial charge in [0.05, 0.1) is 22.5 Å². The average Bonchev–Trinajstić information content (AvgIpc) is 3.30. The third-order valence-corrected chi connectivity index (χ3v) is 6.09. The van der Waals surface area contributed by atoms with E-state index in [2.05, 4.69) is 10.7 Å². The lowest BCUT2D eigenvalue weighted by molar-refractivity contribution is -0.132. The number of carbonyl (C=O) groups excluding carboxylic acids is 1. The van der Waals surface area contributed by atoms with E-state index in [4.69, 9.17) is 0 Å². The summed E-state index contributed by atoms with van der Waals surface area (Å²) in [7, 11) is 0. The summed E-state index contributed by atoms with van der Waals surface area (Å²) in [4.78, 5) is 24.5. The molecule has 2 unspecified atom stereocenters. The van der Waals surface area contributed by atoms with Crippen molar-refractivity contribution in [1.82, 2.24) is 15.8 Å². The Kier molecular flexibility index (Phi) is 5.20. The highest BCUT2D eigenvalue weighted by atomic mass is 32.2. The van der Waals surface area contributed by atoms with E-state index in [-0.39, 0.29) is 27.5 Å². The number of carbonyl (C=O) groups is 2. The van der Waals surface area contributed by atoms with Crippen LogP contribution in [0.25, 0.3) is 0 Å². The van der Waals surface area contributed by atoms with Crippen molar-refractivity contribution in [3.05, 3.63) is 81.4 Å². The van der Waals surface area contributed by atoms with Gasteiger partial charge in [-0.3, -0.25) is 9.80 Å². The molecule has 0 spiro atoms. The molecule has 0 bridgehead atoms. The topological polar surface area (TPSA) is 81.7 Å². The van der Waals surface area contributed by atoms with E-state index in [0.29, 0.717) is 5.70 Å². The second-order valence-electron chi connectivity index (χ2n) is 6.92. The van der Waals surface area contributed by atoms with Crippen molar-refractivity contribution < 1.29 is 27.9 Å². The predicted octanol–water partition coefficient (Wildman–Crippen LogP) is 2.97. The molecule has 3 aliphatic rings. The monoisotopic (exact) mass is 435 g/mol. The highest BCUT2D eigenvalue weighted by molar-refractivity contribution is 8.03. The van der Waals surface area contributed by atoms with Gasteiger partial charge in [-0.25, -0.2) is 23.4 Å². The van der Waals surface area contributed by atoms with Crippen LogP contribution in [0.1, 0.15) is 17.0 Å². The van der Waals surface area contributed by atoms with E-state index >= 15 is 0 Å². The van der Waals surface area contributed by atoms with Crippen molar-refractivity contribution in [2.75, 3.05) is 5.75 Å². The van der Waals surface area contributed by atoms with Gasteiger partial charge in [-0.05, 0) is 36.3 Å². The number of allylic oxidation sites excluding steroid dienone is 3. The van der Waals surface area contributed by atoms with Crippen molar-refractivity contribution in [3.8, 4) is 0 Å². The van der Waals surface area contributed by atoms with Crippen LogP contribution in [0.2, 0.25) is 0 Å². The van der Waals surface area contributed by atoms with Gasteiger partial charge in [0, 0.05) is 11.7 Å². The fraction of sp³-hybridized carbons (Fsp3) is 0.200. The number of hydrogen-bond acceptors (Lipinski definition) is 5. The fourth-order valence-electron chi connectivity index (χ4n) is 3.43. The van der Waals surface area contributed by atoms with E-state index in [9.17, 15) is 27.9 Å². The third kappa shape index (κ3) is 3.52. The highest BCUT2D eigenvalue weighted by Gasteiger charge is 2.37. The lowest BCUT2D eigenvalue weighted by Gasteiger charge is -2.20. The Hall–Kier alpha value is -2.98. The average molecular weight is 435 g/mol. The third-order valence-electron chi connectivity index (χ3n) is 4.98. The van der Waals surface area contributed by atoms with Crippen LogP contribution in [0.15, 0.2) is 58.7 Å². The van der Waals surface area contributed by atoms with Gasteiger partial charge in [0.2, 0.25) is 5.91 Å². The minimum absolute atomic E-state index is 0.0696. The molecule has 6 nitrogen and oxygen atoms in total. The Morgan fingerprint density at radius 3 is 2.73 bits per heavy atom. The summed E-state index contributed by atoms with van der Waals surface area (Å²) in [5.41, 5.74) is 3.19. The molecule has 1 aromatic rings. The van der Waals surface area contributed by atoms with E-state index in [0.717, 1.165) is 11.8 Å². The number of carboxylic acid groups (broad SMARTS) is 1. The van der Waals surface area contributed by atoms with Crippen molar-refractivity contribution in [2.24, 2.45) is 0 Å². The Balaban J connectivity index is 1.58. The summed E-state index contributed by atoms with van der Waals surface area (Å²) in [6, 6.07) is 1.89. The zero-order valence-electron chi connectivity index (χ0n) is 15.6. The number of benzene rings is 1. The van der Waals surface area contributed by atoms with E-state index < -0.39 is 41.3 Å². The molecule has 1 aromatic carbocycles. The zero-order chi connectivity index (χ0) is 21.6. The largest absolute Gasteiger partial charge is 0.478 e. The van der Waals surface area contributed by atoms with Gasteiger partial charge in [0.25, 0.3) is 0 Å². The second kappa shape index (κ2) is 7.69. The van der Waals surface area contributed by atoms with Gasteiger partial charge in [0.15, 0.2) is 11.6 Å². The fourth-order valence-corrected chi connectivity index (χ4v) is 4.66. The van der Waals surface area contributed by atoms with Gasteiger partial charge in [-0.1, -0.05) is 12.1 Å². The Bertz CT molecular complexity index is 1080. The van der Waals surface area contributed by atoms with E-state index in [1.54, 1.807) is 6.08 Å². The first-order valence-electron chi connectivity index (χ1n) is 8.94. The number of amides is 1. The molecule has 10 heteroatoms. The van der Waals surface area contributed by atoms with Crippen molar-refractivity contribution in [2.45, 2.75) is 18.9 Å². The Morgan fingerprint density at radius 2 is 2.00 bits per heavy atom. The van der Waals surface area contributed by atoms with Crippen LogP contribution < -0.4 is 10.7 Å². The van der Waals surface area contributed by atoms with Gasteiger partial charge in [0.1, 0.15) is 11.9 Å². The molecule has 3 aliphatic heterocycles. The Labute approximate surface area is 173 Å². The number of halogens is 3. The number of nitrogens with one attached hydrogen (secondary N) is 2. The molecule has 0 fully saturated rings. The molecule has 0 saturated carbocycles. The normalized spacial score (nSPS) is 22.7. The van der Waals surface area contributed by atoms with Crippen LogP contribution in [0.4, 0.5) is 13.2 Å². The maximum atomic E-state index is 14.4. The SMILES string of the molecule is Cc1ccc(C2CSC(NC(=O)C3C=C4C=CC(F)=CN4N3)=C2C(=O)O)c(F)c1F. The van der Waals surface area contributed by atoms with Crippen molar-refractivity contribution >= 4 is 23.6 Å². The quantitative estimate of drug-likeness (QED) is 0.675. The van der Waals surface area contributed by atoms with Gasteiger partial charge >= 0.3 is 5.97 Å². The van der Waals surface area contributed by atoms with Gasteiger partial charge < -0.3 is 10.4 Å². The molecule has 3 heterocycles. The second-order valence-corrected chi connectivity index (χ2v) is 7.95. The lowest BCUT2D eigenvalue weighted by atomic mass is 9.92. The van der Waals surface area contributed by atoms with Gasteiger partial charge in [-0.2, -0.15) is 0 Å². The first kappa shape index (κ1) is 20.3. The molecule has 0 aliphatic carbocycles. The zero-order valence-corrected chi connectivity index (χ0v) is 16.4. The number of aryl methyl sites for hydroxylation is 1. The number of carboxylic acids is 1. The summed E-state index contributed by atoms with van der Waals surface area (Å²) in [6.07, 6.45) is 5.48. The van der Waals surface area contributed by atoms with Crippen LogP contribution in [0, 0.1) is 18.6 Å². The molecule has 156 valence electrons.